The van der Waals surface area contributed by atoms with Crippen molar-refractivity contribution in [1.82, 2.24) is 20.4 Å². The van der Waals surface area contributed by atoms with Crippen LogP contribution in [0, 0.1) is 0 Å². The highest BCUT2D eigenvalue weighted by Crippen LogP contribution is 2.31. The first-order valence-electron chi connectivity index (χ1n) is 17.8. The molecule has 2 aromatic carbocycles. The molecule has 17 nitrogen and oxygen atoms in total. The van der Waals surface area contributed by atoms with E-state index in [9.17, 15) is 31.2 Å². The van der Waals surface area contributed by atoms with Crippen molar-refractivity contribution in [3.63, 3.8) is 0 Å². The number of benzene rings is 2. The molecule has 0 radical (unpaired) electrons. The third-order valence-corrected chi connectivity index (χ3v) is 9.21. The molecule has 4 rings (SSSR count). The molecule has 0 aromatic heterocycles. The lowest BCUT2D eigenvalue weighted by atomic mass is 10.2. The summed E-state index contributed by atoms with van der Waals surface area (Å²) in [6.07, 6.45) is -2.67. The van der Waals surface area contributed by atoms with Gasteiger partial charge in [-0.05, 0) is 92.0 Å². The molecule has 2 heterocycles. The topological polar surface area (TPSA) is 227 Å². The Morgan fingerprint density at radius 1 is 0.724 bits per heavy atom. The molecule has 2 aliphatic heterocycles. The van der Waals surface area contributed by atoms with Gasteiger partial charge in [0, 0.05) is 58.0 Å². The zero-order valence-electron chi connectivity index (χ0n) is 33.8. The molecule has 0 spiro atoms. The number of sulfonamides is 1. The molecule has 2 aromatic rings. The molecule has 0 atom stereocenters. The molecule has 0 aliphatic carbocycles. The Labute approximate surface area is 347 Å². The number of nitrogens with one attached hydrogen (secondary N) is 2. The smallest absolute Gasteiger partial charge is 0.444 e. The number of anilines is 3. The Kier molecular flexibility index (Phi) is 18.0. The number of guanidine groups is 2. The summed E-state index contributed by atoms with van der Waals surface area (Å²) >= 11 is 12.4. The van der Waals surface area contributed by atoms with Crippen LogP contribution in [0.1, 0.15) is 41.5 Å². The number of likely N-dealkylation sites (N-methyl/N-ethyl adjacent to an activating group) is 2. The standard InChI is InChI=1S/C12H18ClN5.C12H20F3N3O6S.C11H16ClN3/c1-17-4-6-18(7-5-17)11-3-2-9(8-10(11)13)16-12(14)15;1-10(2,3)23-8(19)16-7(17-9(20)24-11(4,5)6)18-25(21,22)12(13,14)15;1-14-4-6-15(7-5-14)11-3-2-9(13)8-10(11)12/h2-3,8H,4-7H2,1H3,(H4,14,15,16);1-6H3,(H2,16,17,18,19,20);2-3,8H,4-7,13H2,1H3. The number of alkyl halides is 3. The second-order valence-corrected chi connectivity index (χ2v) is 17.5. The van der Waals surface area contributed by atoms with Crippen molar-refractivity contribution in [1.29, 1.82) is 0 Å². The van der Waals surface area contributed by atoms with E-state index in [1.807, 2.05) is 30.3 Å². The highest BCUT2D eigenvalue weighted by atomic mass is 35.5. The van der Waals surface area contributed by atoms with Gasteiger partial charge in [0.2, 0.25) is 5.96 Å². The van der Waals surface area contributed by atoms with Crippen molar-refractivity contribution in [3.8, 4) is 0 Å². The van der Waals surface area contributed by atoms with Gasteiger partial charge in [0.15, 0.2) is 5.96 Å². The molecule has 2 amide bonds. The average Bonchev–Trinajstić information content (AvgIpc) is 3.04. The number of nitrogens with zero attached hydrogens (tertiary/aromatic N) is 6. The maximum atomic E-state index is 12.4. The lowest BCUT2D eigenvalue weighted by molar-refractivity contribution is -0.0435. The zero-order chi connectivity index (χ0) is 44.2. The average molecular weight is 885 g/mol. The van der Waals surface area contributed by atoms with Crippen LogP contribution in [0.5, 0.6) is 0 Å². The SMILES string of the molecule is CC(C)(C)OC(=O)NC(=NS(=O)(=O)C(F)(F)F)NC(=O)OC(C)(C)C.CN1CCN(c2ccc(N)cc2Cl)CC1.CN1CCN(c2ccc(N=C(N)N)cc2Cl)CC1. The summed E-state index contributed by atoms with van der Waals surface area (Å²) in [6, 6.07) is 11.3. The minimum atomic E-state index is -6.03. The van der Waals surface area contributed by atoms with E-state index in [1.54, 1.807) is 16.7 Å². The highest BCUT2D eigenvalue weighted by molar-refractivity contribution is 7.91. The van der Waals surface area contributed by atoms with Crippen LogP contribution in [0.25, 0.3) is 0 Å². The second kappa shape index (κ2) is 21.0. The minimum absolute atomic E-state index is 0.0402. The third-order valence-electron chi connectivity index (χ3n) is 7.59. The van der Waals surface area contributed by atoms with E-state index < -0.39 is 44.9 Å². The molecule has 0 bridgehead atoms. The van der Waals surface area contributed by atoms with Gasteiger partial charge < -0.3 is 46.3 Å². The first-order valence-corrected chi connectivity index (χ1v) is 20.0. The fraction of sp³-hybridized carbons (Fsp3) is 0.543. The van der Waals surface area contributed by atoms with Crippen LogP contribution in [-0.4, -0.2) is 125 Å². The van der Waals surface area contributed by atoms with Gasteiger partial charge >= 0.3 is 27.7 Å². The van der Waals surface area contributed by atoms with E-state index in [2.05, 4.69) is 43.1 Å². The summed E-state index contributed by atoms with van der Waals surface area (Å²) in [4.78, 5) is 36.4. The van der Waals surface area contributed by atoms with E-state index in [4.69, 9.17) is 49.9 Å². The lowest BCUT2D eigenvalue weighted by Gasteiger charge is -2.34. The number of nitrogens with two attached hydrogens (primary N) is 3. The number of nitrogen functional groups attached to an aromatic ring is 1. The molecule has 8 N–H and O–H groups in total. The Hall–Kier alpha value is -4.44. The van der Waals surface area contributed by atoms with Gasteiger partial charge in [-0.25, -0.2) is 14.6 Å². The van der Waals surface area contributed by atoms with Crippen molar-refractivity contribution >= 4 is 80.1 Å². The number of halogens is 5. The molecule has 23 heteroatoms. The van der Waals surface area contributed by atoms with Gasteiger partial charge in [-0.3, -0.25) is 10.6 Å². The number of carbonyl (C=O) groups excluding carboxylic acids is 2. The predicted octanol–water partition coefficient (Wildman–Crippen LogP) is 4.91. The summed E-state index contributed by atoms with van der Waals surface area (Å²) in [5, 5.41) is 4.66. The van der Waals surface area contributed by atoms with Crippen LogP contribution in [-0.2, 0) is 19.5 Å². The van der Waals surface area contributed by atoms with E-state index in [0.717, 1.165) is 74.4 Å². The molecule has 0 unspecified atom stereocenters. The molecule has 0 saturated carbocycles. The number of hydrogen-bond acceptors (Lipinski definition) is 12. The number of amides is 2. The number of carbonyl (C=O) groups is 2. The van der Waals surface area contributed by atoms with Crippen LogP contribution >= 0.6 is 23.2 Å². The summed E-state index contributed by atoms with van der Waals surface area (Å²) in [5.41, 5.74) is 12.1. The van der Waals surface area contributed by atoms with Crippen LogP contribution in [0.4, 0.5) is 45.5 Å². The third kappa shape index (κ3) is 18.0. The Morgan fingerprint density at radius 2 is 1.12 bits per heavy atom. The maximum absolute atomic E-state index is 12.4. The Bertz CT molecular complexity index is 1840. The summed E-state index contributed by atoms with van der Waals surface area (Å²) in [5.74, 6) is -1.28. The molecule has 326 valence electrons. The zero-order valence-corrected chi connectivity index (χ0v) is 36.1. The summed E-state index contributed by atoms with van der Waals surface area (Å²) < 4.78 is 71.3. The number of alkyl carbamates (subject to hydrolysis) is 2. The van der Waals surface area contributed by atoms with Crippen LogP contribution in [0.2, 0.25) is 10.0 Å². The predicted molar refractivity (Wildman–Crippen MR) is 223 cm³/mol. The van der Waals surface area contributed by atoms with Gasteiger partial charge in [0.1, 0.15) is 11.2 Å². The fourth-order valence-corrected chi connectivity index (χ4v) is 5.93. The van der Waals surface area contributed by atoms with Crippen molar-refractivity contribution in [2.45, 2.75) is 58.3 Å². The first kappa shape index (κ1) is 49.7. The number of piperazine rings is 2. The summed E-state index contributed by atoms with van der Waals surface area (Å²) in [6.45, 7) is 17.0. The van der Waals surface area contributed by atoms with Crippen molar-refractivity contribution in [2.75, 3.05) is 82.0 Å². The minimum Gasteiger partial charge on any atom is -0.444 e. The normalized spacial score (nSPS) is 15.4. The van der Waals surface area contributed by atoms with E-state index in [-0.39, 0.29) is 5.96 Å². The number of ether oxygens (including phenoxy) is 2. The number of rotatable bonds is 4. The molecule has 58 heavy (non-hydrogen) atoms. The molecular weight excluding hydrogens is 830 g/mol. The summed E-state index contributed by atoms with van der Waals surface area (Å²) in [7, 11) is -1.76. The molecule has 2 aliphatic rings. The molecular formula is C35H54Cl2F3N11O6S. The second-order valence-electron chi connectivity index (χ2n) is 15.1. The van der Waals surface area contributed by atoms with Gasteiger partial charge in [-0.15, -0.1) is 4.40 Å². The van der Waals surface area contributed by atoms with E-state index in [0.29, 0.717) is 10.7 Å². The van der Waals surface area contributed by atoms with Crippen LogP contribution < -0.4 is 37.6 Å². The number of aliphatic imine (C=N–C) groups is 1. The van der Waals surface area contributed by atoms with Crippen LogP contribution in [0.15, 0.2) is 45.8 Å². The van der Waals surface area contributed by atoms with Crippen molar-refractivity contribution < 1.29 is 40.7 Å². The van der Waals surface area contributed by atoms with Crippen molar-refractivity contribution in [3.05, 3.63) is 46.4 Å². The molecule has 2 fully saturated rings. The quantitative estimate of drug-likeness (QED) is 0.157. The highest BCUT2D eigenvalue weighted by Gasteiger charge is 2.46. The van der Waals surface area contributed by atoms with Crippen LogP contribution in [0.3, 0.4) is 0 Å². The maximum Gasteiger partial charge on any atom is 0.518 e. The van der Waals surface area contributed by atoms with Gasteiger partial charge in [-0.1, -0.05) is 23.2 Å². The van der Waals surface area contributed by atoms with E-state index in [1.165, 1.54) is 41.5 Å². The van der Waals surface area contributed by atoms with Gasteiger partial charge in [0.05, 0.1) is 27.1 Å². The van der Waals surface area contributed by atoms with Gasteiger partial charge in [0.25, 0.3) is 0 Å². The monoisotopic (exact) mass is 883 g/mol. The van der Waals surface area contributed by atoms with Crippen molar-refractivity contribution in [2.24, 2.45) is 20.9 Å². The largest absolute Gasteiger partial charge is 0.518 e. The Balaban J connectivity index is 0.000000310. The van der Waals surface area contributed by atoms with Gasteiger partial charge in [-0.2, -0.15) is 21.6 Å². The first-order chi connectivity index (χ1) is 26.5. The fourth-order valence-electron chi connectivity index (χ4n) is 4.89. The lowest BCUT2D eigenvalue weighted by Crippen LogP contribution is -2.48. The number of hydrogen-bond donors (Lipinski definition) is 5. The Morgan fingerprint density at radius 3 is 1.47 bits per heavy atom. The van der Waals surface area contributed by atoms with E-state index >= 15 is 0 Å². The molecule has 2 saturated heterocycles.